The third-order valence-electron chi connectivity index (χ3n) is 7.60. The molecule has 3 unspecified atom stereocenters. The molecule has 0 saturated carbocycles. The van der Waals surface area contributed by atoms with Crippen LogP contribution in [0.3, 0.4) is 0 Å². The Morgan fingerprint density at radius 1 is 0.978 bits per heavy atom. The number of ether oxygens (including phenoxy) is 2. The molecule has 0 radical (unpaired) electrons. The Bertz CT molecular complexity index is 1480. The molecular formula is C31H34F5N3O7. The van der Waals surface area contributed by atoms with Crippen LogP contribution in [0, 0.1) is 12.3 Å². The number of nitrogens with one attached hydrogen (secondary N) is 2. The van der Waals surface area contributed by atoms with Crippen molar-refractivity contribution in [1.29, 1.82) is 0 Å². The summed E-state index contributed by atoms with van der Waals surface area (Å²) < 4.78 is 79.7. The first-order valence-corrected chi connectivity index (χ1v) is 14.1. The minimum atomic E-state index is -4.87. The Morgan fingerprint density at radius 2 is 1.61 bits per heavy atom. The van der Waals surface area contributed by atoms with Crippen LogP contribution in [-0.2, 0) is 30.3 Å². The van der Waals surface area contributed by atoms with E-state index in [-0.39, 0.29) is 23.3 Å². The fourth-order valence-electron chi connectivity index (χ4n) is 5.18. The number of carbonyl (C=O) groups is 5. The molecule has 2 aromatic carbocycles. The summed E-state index contributed by atoms with van der Waals surface area (Å²) >= 11 is 0. The quantitative estimate of drug-likeness (QED) is 0.227. The number of likely N-dealkylation sites (tertiary alicyclic amines) is 1. The van der Waals surface area contributed by atoms with Gasteiger partial charge in [0.25, 0.3) is 17.7 Å². The van der Waals surface area contributed by atoms with E-state index in [0.717, 1.165) is 27.7 Å². The van der Waals surface area contributed by atoms with Crippen LogP contribution in [0.2, 0.25) is 0 Å². The molecule has 1 aliphatic rings. The maximum Gasteiger partial charge on any atom is 0.405 e. The molecule has 2 aromatic rings. The van der Waals surface area contributed by atoms with Gasteiger partial charge in [-0.25, -0.2) is 8.78 Å². The molecule has 1 fully saturated rings. The van der Waals surface area contributed by atoms with Crippen LogP contribution < -0.4 is 15.4 Å². The van der Waals surface area contributed by atoms with Crippen molar-refractivity contribution in [2.75, 3.05) is 13.1 Å². The molecule has 1 aliphatic heterocycles. The highest BCUT2D eigenvalue weighted by Gasteiger charge is 2.65. The van der Waals surface area contributed by atoms with Crippen molar-refractivity contribution in [1.82, 2.24) is 15.5 Å². The molecule has 0 aromatic heterocycles. The summed E-state index contributed by atoms with van der Waals surface area (Å²) in [5, 5.41) is 4.17. The average molecular weight is 656 g/mol. The fourth-order valence-corrected chi connectivity index (χ4v) is 5.18. The molecule has 3 amide bonds. The molecule has 2 N–H and O–H groups in total. The Kier molecular flexibility index (Phi) is 10.8. The van der Waals surface area contributed by atoms with Gasteiger partial charge in [0.1, 0.15) is 18.3 Å². The summed E-state index contributed by atoms with van der Waals surface area (Å²) in [6.07, 6.45) is -7.05. The van der Waals surface area contributed by atoms with Crippen molar-refractivity contribution >= 4 is 29.7 Å². The van der Waals surface area contributed by atoms with Gasteiger partial charge in [-0.3, -0.25) is 24.0 Å². The average Bonchev–Trinajstić information content (AvgIpc) is 3.14. The van der Waals surface area contributed by atoms with Crippen molar-refractivity contribution in [3.8, 4) is 5.75 Å². The molecule has 3 rings (SSSR count). The van der Waals surface area contributed by atoms with E-state index < -0.39 is 78.5 Å². The van der Waals surface area contributed by atoms with E-state index in [9.17, 15) is 37.1 Å². The van der Waals surface area contributed by atoms with Gasteiger partial charge in [0, 0.05) is 25.0 Å². The van der Waals surface area contributed by atoms with Gasteiger partial charge in [0.2, 0.25) is 12.0 Å². The summed E-state index contributed by atoms with van der Waals surface area (Å²) in [5.41, 5.74) is -1.57. The van der Waals surface area contributed by atoms with E-state index in [2.05, 4.69) is 5.32 Å². The summed E-state index contributed by atoms with van der Waals surface area (Å²) in [5.74, 6) is -9.01. The van der Waals surface area contributed by atoms with Gasteiger partial charge in [-0.05, 0) is 31.0 Å². The highest BCUT2D eigenvalue weighted by atomic mass is 19.4. The zero-order valence-corrected chi connectivity index (χ0v) is 25.7. The van der Waals surface area contributed by atoms with Gasteiger partial charge in [0.15, 0.2) is 0 Å². The monoisotopic (exact) mass is 655 g/mol. The number of hydrogen-bond acceptors (Lipinski definition) is 7. The second kappa shape index (κ2) is 13.8. The normalized spacial score (nSPS) is 18.2. The third-order valence-corrected chi connectivity index (χ3v) is 7.60. The van der Waals surface area contributed by atoms with Crippen molar-refractivity contribution in [2.24, 2.45) is 5.41 Å². The molecule has 3 atom stereocenters. The van der Waals surface area contributed by atoms with Gasteiger partial charge in [-0.1, -0.05) is 50.2 Å². The Labute approximate surface area is 261 Å². The molecule has 46 heavy (non-hydrogen) atoms. The summed E-state index contributed by atoms with van der Waals surface area (Å²) in [7, 11) is 0. The number of esters is 2. The highest BCUT2D eigenvalue weighted by molar-refractivity contribution is 5.98. The number of alkyl halides is 5. The van der Waals surface area contributed by atoms with Gasteiger partial charge >= 0.3 is 18.1 Å². The molecular weight excluding hydrogens is 621 g/mol. The van der Waals surface area contributed by atoms with Crippen molar-refractivity contribution < 1.29 is 55.4 Å². The number of hydrogen-bond donors (Lipinski definition) is 2. The maximum absolute atomic E-state index is 15.3. The Hall–Kier alpha value is -4.56. The first-order valence-electron chi connectivity index (χ1n) is 14.1. The van der Waals surface area contributed by atoms with E-state index in [1.807, 2.05) is 0 Å². The van der Waals surface area contributed by atoms with E-state index in [0.29, 0.717) is 10.5 Å². The number of amides is 3. The van der Waals surface area contributed by atoms with Gasteiger partial charge in [-0.15, -0.1) is 0 Å². The number of rotatable bonds is 10. The van der Waals surface area contributed by atoms with Crippen LogP contribution >= 0.6 is 0 Å². The maximum atomic E-state index is 15.3. The number of benzene rings is 2. The zero-order chi connectivity index (χ0) is 34.6. The predicted molar refractivity (Wildman–Crippen MR) is 153 cm³/mol. The minimum absolute atomic E-state index is 0.00378. The van der Waals surface area contributed by atoms with Gasteiger partial charge in [0.05, 0.1) is 18.0 Å². The van der Waals surface area contributed by atoms with E-state index in [4.69, 9.17) is 9.47 Å². The standard InChI is InChI=1S/C31H34F5N3O7/c1-17-21(12-9-13-23(17)45-18(2)40)26(42)38-22(14-20-10-7-6-8-11-20)24(46-19(3)41)28(44)39-16-30(32,33)29(4,5)25(39)27(43)37-15-31(34,35)36/h6-13,22,24-25H,14-16H2,1-5H3,(H,37,43)(H,38,42). The van der Waals surface area contributed by atoms with Crippen LogP contribution in [0.1, 0.15) is 49.2 Å². The predicted octanol–water partition coefficient (Wildman–Crippen LogP) is 3.74. The first kappa shape index (κ1) is 35.9. The van der Waals surface area contributed by atoms with Crippen LogP contribution in [-0.4, -0.2) is 77.9 Å². The topological polar surface area (TPSA) is 131 Å². The van der Waals surface area contributed by atoms with Crippen molar-refractivity contribution in [3.05, 3.63) is 65.2 Å². The van der Waals surface area contributed by atoms with E-state index in [1.165, 1.54) is 25.1 Å². The van der Waals surface area contributed by atoms with Crippen LogP contribution in [0.25, 0.3) is 0 Å². The molecule has 250 valence electrons. The molecule has 0 bridgehead atoms. The fraction of sp³-hybridized carbons (Fsp3) is 0.452. The van der Waals surface area contributed by atoms with Crippen molar-refractivity contribution in [2.45, 2.75) is 71.3 Å². The van der Waals surface area contributed by atoms with Crippen LogP contribution in [0.4, 0.5) is 22.0 Å². The lowest BCUT2D eigenvalue weighted by Crippen LogP contribution is -2.59. The van der Waals surface area contributed by atoms with Gasteiger partial charge < -0.3 is 25.0 Å². The number of halogens is 5. The number of nitrogens with zero attached hydrogens (tertiary/aromatic N) is 1. The molecule has 1 heterocycles. The summed E-state index contributed by atoms with van der Waals surface area (Å²) in [6.45, 7) is 2.24. The second-order valence-electron chi connectivity index (χ2n) is 11.4. The third kappa shape index (κ3) is 8.37. The lowest BCUT2D eigenvalue weighted by molar-refractivity contribution is -0.163. The smallest absolute Gasteiger partial charge is 0.405 e. The van der Waals surface area contributed by atoms with Gasteiger partial charge in [-0.2, -0.15) is 13.2 Å². The van der Waals surface area contributed by atoms with Crippen molar-refractivity contribution in [3.63, 3.8) is 0 Å². The minimum Gasteiger partial charge on any atom is -0.450 e. The summed E-state index contributed by atoms with van der Waals surface area (Å²) in [4.78, 5) is 64.8. The van der Waals surface area contributed by atoms with Crippen LogP contribution in [0.15, 0.2) is 48.5 Å². The highest BCUT2D eigenvalue weighted by Crippen LogP contribution is 2.48. The first-order chi connectivity index (χ1) is 21.2. The lowest BCUT2D eigenvalue weighted by atomic mass is 9.81. The Morgan fingerprint density at radius 3 is 2.17 bits per heavy atom. The van der Waals surface area contributed by atoms with Crippen LogP contribution in [0.5, 0.6) is 5.75 Å². The Balaban J connectivity index is 2.07. The molecule has 0 aliphatic carbocycles. The van der Waals surface area contributed by atoms with E-state index in [1.54, 1.807) is 35.6 Å². The zero-order valence-electron chi connectivity index (χ0n) is 25.7. The molecule has 1 saturated heterocycles. The molecule has 10 nitrogen and oxygen atoms in total. The molecule has 0 spiro atoms. The van der Waals surface area contributed by atoms with E-state index >= 15 is 8.78 Å². The summed E-state index contributed by atoms with van der Waals surface area (Å²) in [6, 6.07) is 8.97. The SMILES string of the molecule is CC(=O)Oc1cccc(C(=O)NC(Cc2ccccc2)C(OC(C)=O)C(=O)N2CC(F)(F)C(C)(C)C2C(=O)NCC(F)(F)F)c1C. The molecule has 15 heteroatoms. The lowest BCUT2D eigenvalue weighted by Gasteiger charge is -2.35. The largest absolute Gasteiger partial charge is 0.450 e. The number of carbonyl (C=O) groups excluding carboxylic acids is 5. The second-order valence-corrected chi connectivity index (χ2v) is 11.4.